The lowest BCUT2D eigenvalue weighted by Gasteiger charge is -2.05. The molecule has 0 saturated heterocycles. The second-order valence-electron chi connectivity index (χ2n) is 5.29. The van der Waals surface area contributed by atoms with Crippen molar-refractivity contribution in [1.82, 2.24) is 20.5 Å². The SMILES string of the molecule is CNC(=O)CSc1nnc(-c2ccc3c(c2)OCO3)c2sc(C)nc12. The molecular weight excluding hydrogens is 360 g/mol. The van der Waals surface area contributed by atoms with E-state index in [2.05, 4.69) is 20.5 Å². The van der Waals surface area contributed by atoms with Crippen molar-refractivity contribution in [2.45, 2.75) is 11.9 Å². The fourth-order valence-electron chi connectivity index (χ4n) is 2.46. The lowest BCUT2D eigenvalue weighted by atomic mass is 10.1. The molecule has 1 aromatic carbocycles. The van der Waals surface area contributed by atoms with Gasteiger partial charge in [-0.2, -0.15) is 0 Å². The normalized spacial score (nSPS) is 12.6. The first-order chi connectivity index (χ1) is 12.2. The number of benzene rings is 1. The van der Waals surface area contributed by atoms with Gasteiger partial charge >= 0.3 is 0 Å². The van der Waals surface area contributed by atoms with Gasteiger partial charge < -0.3 is 14.8 Å². The number of carbonyl (C=O) groups is 1. The smallest absolute Gasteiger partial charge is 0.231 e. The predicted octanol–water partition coefficient (Wildman–Crippen LogP) is 2.63. The molecule has 0 saturated carbocycles. The first-order valence-corrected chi connectivity index (χ1v) is 9.33. The average molecular weight is 374 g/mol. The minimum Gasteiger partial charge on any atom is -0.454 e. The summed E-state index contributed by atoms with van der Waals surface area (Å²) in [5.41, 5.74) is 2.43. The Morgan fingerprint density at radius 3 is 3.00 bits per heavy atom. The molecule has 0 atom stereocenters. The van der Waals surface area contributed by atoms with Gasteiger partial charge in [-0.15, -0.1) is 21.5 Å². The highest BCUT2D eigenvalue weighted by Gasteiger charge is 2.19. The highest BCUT2D eigenvalue weighted by atomic mass is 32.2. The van der Waals surface area contributed by atoms with E-state index in [0.29, 0.717) is 10.8 Å². The maximum atomic E-state index is 11.5. The summed E-state index contributed by atoms with van der Waals surface area (Å²) in [7, 11) is 1.61. The van der Waals surface area contributed by atoms with E-state index in [1.807, 2.05) is 25.1 Å². The summed E-state index contributed by atoms with van der Waals surface area (Å²) < 4.78 is 11.8. The topological polar surface area (TPSA) is 86.2 Å². The maximum Gasteiger partial charge on any atom is 0.231 e. The maximum absolute atomic E-state index is 11.5. The summed E-state index contributed by atoms with van der Waals surface area (Å²) in [6.45, 7) is 2.18. The average Bonchev–Trinajstić information content (AvgIpc) is 3.24. The van der Waals surface area contributed by atoms with Crippen LogP contribution in [0.3, 0.4) is 0 Å². The second-order valence-corrected chi connectivity index (χ2v) is 7.46. The van der Waals surface area contributed by atoms with Gasteiger partial charge in [0.25, 0.3) is 0 Å². The summed E-state index contributed by atoms with van der Waals surface area (Å²) in [6, 6.07) is 5.70. The van der Waals surface area contributed by atoms with Crippen molar-refractivity contribution in [3.8, 4) is 22.8 Å². The number of rotatable bonds is 4. The van der Waals surface area contributed by atoms with E-state index in [1.165, 1.54) is 11.8 Å². The van der Waals surface area contributed by atoms with Crippen molar-refractivity contribution in [2.75, 3.05) is 19.6 Å². The van der Waals surface area contributed by atoms with Gasteiger partial charge in [0, 0.05) is 12.6 Å². The summed E-state index contributed by atoms with van der Waals surface area (Å²) in [5.74, 6) is 1.64. The van der Waals surface area contributed by atoms with Crippen molar-refractivity contribution in [2.24, 2.45) is 0 Å². The van der Waals surface area contributed by atoms with Gasteiger partial charge in [0.2, 0.25) is 12.7 Å². The number of thioether (sulfide) groups is 1. The Hall–Kier alpha value is -2.39. The largest absolute Gasteiger partial charge is 0.454 e. The molecule has 1 amide bonds. The Morgan fingerprint density at radius 1 is 1.32 bits per heavy atom. The Morgan fingerprint density at radius 2 is 2.16 bits per heavy atom. The Kier molecular flexibility index (Phi) is 4.18. The van der Waals surface area contributed by atoms with E-state index in [4.69, 9.17) is 9.47 Å². The molecule has 2 aromatic heterocycles. The van der Waals surface area contributed by atoms with Crippen LogP contribution in [0.25, 0.3) is 21.5 Å². The number of hydrogen-bond donors (Lipinski definition) is 1. The van der Waals surface area contributed by atoms with Crippen molar-refractivity contribution in [1.29, 1.82) is 0 Å². The van der Waals surface area contributed by atoms with Gasteiger partial charge in [0.05, 0.1) is 15.5 Å². The first kappa shape index (κ1) is 16.1. The summed E-state index contributed by atoms with van der Waals surface area (Å²) in [5, 5.41) is 12.9. The molecule has 1 N–H and O–H groups in total. The summed E-state index contributed by atoms with van der Waals surface area (Å²) >= 11 is 2.90. The molecule has 0 aliphatic carbocycles. The third-order valence-electron chi connectivity index (χ3n) is 3.66. The minimum atomic E-state index is -0.0632. The fraction of sp³-hybridized carbons (Fsp3) is 0.250. The number of hydrogen-bond acceptors (Lipinski definition) is 8. The zero-order chi connectivity index (χ0) is 17.4. The van der Waals surface area contributed by atoms with Crippen molar-refractivity contribution >= 4 is 39.2 Å². The zero-order valence-corrected chi connectivity index (χ0v) is 15.2. The number of ether oxygens (including phenoxy) is 2. The number of aromatic nitrogens is 3. The van der Waals surface area contributed by atoms with Gasteiger partial charge in [0.15, 0.2) is 11.5 Å². The van der Waals surface area contributed by atoms with Crippen LogP contribution in [-0.2, 0) is 4.79 Å². The van der Waals surface area contributed by atoms with E-state index in [9.17, 15) is 4.79 Å². The van der Waals surface area contributed by atoms with Crippen molar-refractivity contribution in [3.05, 3.63) is 23.2 Å². The molecule has 9 heteroatoms. The Bertz CT molecular complexity index is 973. The third-order valence-corrected chi connectivity index (χ3v) is 5.59. The van der Waals surface area contributed by atoms with E-state index in [-0.39, 0.29) is 18.5 Å². The molecule has 25 heavy (non-hydrogen) atoms. The molecule has 0 radical (unpaired) electrons. The monoisotopic (exact) mass is 374 g/mol. The molecule has 1 aliphatic heterocycles. The molecular formula is C16H14N4O3S2. The van der Waals surface area contributed by atoms with E-state index < -0.39 is 0 Å². The third kappa shape index (κ3) is 3.00. The number of nitrogens with zero attached hydrogens (tertiary/aromatic N) is 3. The second kappa shape index (κ2) is 6.49. The highest BCUT2D eigenvalue weighted by molar-refractivity contribution is 8.00. The van der Waals surface area contributed by atoms with Crippen LogP contribution in [0.5, 0.6) is 11.5 Å². The van der Waals surface area contributed by atoms with Gasteiger partial charge in [-0.25, -0.2) is 4.98 Å². The number of nitrogens with one attached hydrogen (secondary N) is 1. The predicted molar refractivity (Wildman–Crippen MR) is 96.3 cm³/mol. The molecule has 0 spiro atoms. The van der Waals surface area contributed by atoms with Gasteiger partial charge in [0.1, 0.15) is 16.2 Å². The molecule has 4 rings (SSSR count). The van der Waals surface area contributed by atoms with Crippen LogP contribution in [0, 0.1) is 6.92 Å². The van der Waals surface area contributed by atoms with Crippen LogP contribution in [-0.4, -0.2) is 40.7 Å². The number of thiazole rings is 1. The Labute approximate surface area is 151 Å². The van der Waals surface area contributed by atoms with Crippen LogP contribution < -0.4 is 14.8 Å². The van der Waals surface area contributed by atoms with Crippen LogP contribution in [0.15, 0.2) is 23.2 Å². The number of aryl methyl sites for hydroxylation is 1. The molecule has 3 aromatic rings. The quantitative estimate of drug-likeness (QED) is 0.703. The lowest BCUT2D eigenvalue weighted by molar-refractivity contribution is -0.118. The number of fused-ring (bicyclic) bond motifs is 2. The van der Waals surface area contributed by atoms with Crippen molar-refractivity contribution in [3.63, 3.8) is 0 Å². The van der Waals surface area contributed by atoms with Crippen LogP contribution >= 0.6 is 23.1 Å². The van der Waals surface area contributed by atoms with E-state index in [0.717, 1.165) is 32.2 Å². The molecule has 3 heterocycles. The summed E-state index contributed by atoms with van der Waals surface area (Å²) in [6.07, 6.45) is 0. The van der Waals surface area contributed by atoms with Crippen LogP contribution in [0.1, 0.15) is 5.01 Å². The molecule has 0 unspecified atom stereocenters. The zero-order valence-electron chi connectivity index (χ0n) is 13.5. The highest BCUT2D eigenvalue weighted by Crippen LogP contribution is 2.39. The number of amides is 1. The minimum absolute atomic E-state index is 0.0632. The van der Waals surface area contributed by atoms with Crippen molar-refractivity contribution < 1.29 is 14.3 Å². The standard InChI is InChI=1S/C16H14N4O3S2/c1-8-18-14-15(25-8)13(19-20-16(14)24-6-12(21)17-2)9-3-4-10-11(5-9)23-7-22-10/h3-5H,6-7H2,1-2H3,(H,17,21). The summed E-state index contributed by atoms with van der Waals surface area (Å²) in [4.78, 5) is 16.1. The molecule has 7 nitrogen and oxygen atoms in total. The molecule has 1 aliphatic rings. The lowest BCUT2D eigenvalue weighted by Crippen LogP contribution is -2.19. The van der Waals surface area contributed by atoms with Gasteiger partial charge in [-0.1, -0.05) is 11.8 Å². The first-order valence-electron chi connectivity index (χ1n) is 7.53. The van der Waals surface area contributed by atoms with E-state index in [1.54, 1.807) is 18.4 Å². The Balaban J connectivity index is 1.77. The fourth-order valence-corrected chi connectivity index (χ4v) is 4.24. The molecule has 0 bridgehead atoms. The molecule has 128 valence electrons. The van der Waals surface area contributed by atoms with Crippen LogP contribution in [0.2, 0.25) is 0 Å². The van der Waals surface area contributed by atoms with Gasteiger partial charge in [-0.05, 0) is 25.1 Å². The van der Waals surface area contributed by atoms with Crippen LogP contribution in [0.4, 0.5) is 0 Å². The number of carbonyl (C=O) groups excluding carboxylic acids is 1. The molecule has 0 fully saturated rings. The van der Waals surface area contributed by atoms with E-state index >= 15 is 0 Å². The van der Waals surface area contributed by atoms with Gasteiger partial charge in [-0.3, -0.25) is 4.79 Å².